The number of nitriles is 1. The Hall–Kier alpha value is -2.74. The Kier molecular flexibility index (Phi) is 4.30. The Morgan fingerprint density at radius 3 is 2.62 bits per heavy atom. The second-order valence-corrected chi connectivity index (χ2v) is 5.99. The molecule has 0 bridgehead atoms. The van der Waals surface area contributed by atoms with Gasteiger partial charge in [-0.05, 0) is 37.5 Å². The van der Waals surface area contributed by atoms with Crippen LogP contribution in [0.1, 0.15) is 37.7 Å². The van der Waals surface area contributed by atoms with E-state index in [1.54, 1.807) is 14.2 Å². The number of Topliss-reactive ketones (excluding diaryl/α,β-unsaturated/α-hetero) is 1. The lowest BCUT2D eigenvalue weighted by atomic mass is 9.75. The smallest absolute Gasteiger partial charge is 0.161 e. The van der Waals surface area contributed by atoms with Crippen LogP contribution in [0.2, 0.25) is 0 Å². The molecule has 1 heterocycles. The lowest BCUT2D eigenvalue weighted by molar-refractivity contribution is -0.116. The molecule has 0 aromatic heterocycles. The number of ether oxygens (including phenoxy) is 2. The maximum Gasteiger partial charge on any atom is 0.161 e. The number of dihydropyridines is 1. The number of allylic oxidation sites excluding steroid dienone is 4. The number of nitrogens with one attached hydrogen (secondary N) is 1. The van der Waals surface area contributed by atoms with Crippen LogP contribution >= 0.6 is 0 Å². The van der Waals surface area contributed by atoms with Crippen LogP contribution in [0.4, 0.5) is 0 Å². The lowest BCUT2D eigenvalue weighted by Gasteiger charge is -2.32. The van der Waals surface area contributed by atoms with Crippen molar-refractivity contribution in [3.8, 4) is 17.6 Å². The third kappa shape index (κ3) is 2.54. The zero-order valence-electron chi connectivity index (χ0n) is 14.1. The first-order valence-corrected chi connectivity index (χ1v) is 7.96. The molecule has 0 radical (unpaired) electrons. The summed E-state index contributed by atoms with van der Waals surface area (Å²) >= 11 is 0. The molecule has 1 aliphatic carbocycles. The second-order valence-electron chi connectivity index (χ2n) is 5.99. The first-order valence-electron chi connectivity index (χ1n) is 7.96. The van der Waals surface area contributed by atoms with Crippen molar-refractivity contribution in [2.75, 3.05) is 14.2 Å². The summed E-state index contributed by atoms with van der Waals surface area (Å²) in [7, 11) is 3.16. The molecular formula is C19H20N2O3. The molecule has 2 aliphatic rings. The zero-order chi connectivity index (χ0) is 17.3. The number of hydrogen-bond acceptors (Lipinski definition) is 5. The maximum atomic E-state index is 12.6. The van der Waals surface area contributed by atoms with Crippen molar-refractivity contribution in [3.05, 3.63) is 46.3 Å². The molecule has 0 spiro atoms. The first-order chi connectivity index (χ1) is 11.6. The minimum atomic E-state index is -0.348. The van der Waals surface area contributed by atoms with Gasteiger partial charge in [0.1, 0.15) is 0 Å². The summed E-state index contributed by atoms with van der Waals surface area (Å²) in [5.41, 5.74) is 3.92. The third-order valence-corrected chi connectivity index (χ3v) is 4.64. The molecule has 5 nitrogen and oxygen atoms in total. The van der Waals surface area contributed by atoms with Gasteiger partial charge in [-0.2, -0.15) is 5.26 Å². The molecule has 1 aromatic rings. The van der Waals surface area contributed by atoms with Crippen molar-refractivity contribution in [1.82, 2.24) is 5.32 Å². The van der Waals surface area contributed by atoms with Gasteiger partial charge in [0.25, 0.3) is 0 Å². The SMILES string of the molecule is COc1ccc(C2C(C#N)=C(C)NC3=C2C(=O)CCC3)cc1OC. The molecule has 3 rings (SSSR count). The molecule has 24 heavy (non-hydrogen) atoms. The molecule has 1 atom stereocenters. The molecule has 0 fully saturated rings. The van der Waals surface area contributed by atoms with Crippen molar-refractivity contribution in [1.29, 1.82) is 5.26 Å². The second kappa shape index (κ2) is 6.40. The molecule has 0 amide bonds. The summed E-state index contributed by atoms with van der Waals surface area (Å²) in [5, 5.41) is 12.9. The third-order valence-electron chi connectivity index (χ3n) is 4.64. The van der Waals surface area contributed by atoms with Crippen LogP contribution in [0.3, 0.4) is 0 Å². The molecule has 1 N–H and O–H groups in total. The molecule has 5 heteroatoms. The van der Waals surface area contributed by atoms with Gasteiger partial charge in [-0.1, -0.05) is 6.07 Å². The summed E-state index contributed by atoms with van der Waals surface area (Å²) < 4.78 is 10.7. The van der Waals surface area contributed by atoms with E-state index in [-0.39, 0.29) is 11.7 Å². The summed E-state index contributed by atoms with van der Waals surface area (Å²) in [6.07, 6.45) is 2.21. The highest BCUT2D eigenvalue weighted by Gasteiger charge is 2.36. The summed E-state index contributed by atoms with van der Waals surface area (Å²) in [6.45, 7) is 1.88. The fraction of sp³-hybridized carbons (Fsp3) is 0.368. The average molecular weight is 324 g/mol. The van der Waals surface area contributed by atoms with E-state index < -0.39 is 0 Å². The topological polar surface area (TPSA) is 71.3 Å². The highest BCUT2D eigenvalue weighted by Crippen LogP contribution is 2.43. The Balaban J connectivity index is 2.17. The molecule has 1 aromatic carbocycles. The van der Waals surface area contributed by atoms with E-state index >= 15 is 0 Å². The monoisotopic (exact) mass is 324 g/mol. The van der Waals surface area contributed by atoms with Crippen molar-refractivity contribution < 1.29 is 14.3 Å². The van der Waals surface area contributed by atoms with Gasteiger partial charge in [-0.25, -0.2) is 0 Å². The highest BCUT2D eigenvalue weighted by atomic mass is 16.5. The van der Waals surface area contributed by atoms with Crippen molar-refractivity contribution in [3.63, 3.8) is 0 Å². The number of methoxy groups -OCH3 is 2. The molecule has 0 saturated heterocycles. The first kappa shape index (κ1) is 16.1. The standard InChI is InChI=1S/C19H20N2O3/c1-11-13(10-20)18(19-14(21-11)5-4-6-15(19)22)12-7-8-16(23-2)17(9-12)24-3/h7-9,18,21H,4-6H2,1-3H3. The van der Waals surface area contributed by atoms with E-state index in [0.717, 1.165) is 35.4 Å². The molecular weight excluding hydrogens is 304 g/mol. The van der Waals surface area contributed by atoms with Gasteiger partial charge in [0, 0.05) is 23.4 Å². The summed E-state index contributed by atoms with van der Waals surface area (Å²) in [6, 6.07) is 7.84. The molecule has 124 valence electrons. The van der Waals surface area contributed by atoms with E-state index in [2.05, 4.69) is 11.4 Å². The van der Waals surface area contributed by atoms with Crippen LogP contribution in [-0.2, 0) is 4.79 Å². The predicted molar refractivity (Wildman–Crippen MR) is 89.6 cm³/mol. The Bertz CT molecular complexity index is 799. The largest absolute Gasteiger partial charge is 0.493 e. The Labute approximate surface area is 141 Å². The van der Waals surface area contributed by atoms with Crippen LogP contribution in [0.5, 0.6) is 11.5 Å². The normalized spacial score (nSPS) is 20.2. The number of carbonyl (C=O) groups excluding carboxylic acids is 1. The highest BCUT2D eigenvalue weighted by molar-refractivity contribution is 5.99. The van der Waals surface area contributed by atoms with Gasteiger partial charge in [0.15, 0.2) is 17.3 Å². The number of nitrogens with zero attached hydrogens (tertiary/aromatic N) is 1. The number of carbonyl (C=O) groups is 1. The predicted octanol–water partition coefficient (Wildman–Crippen LogP) is 3.20. The fourth-order valence-electron chi connectivity index (χ4n) is 3.50. The zero-order valence-corrected chi connectivity index (χ0v) is 14.1. The van der Waals surface area contributed by atoms with E-state index in [1.807, 2.05) is 25.1 Å². The fourth-order valence-corrected chi connectivity index (χ4v) is 3.50. The van der Waals surface area contributed by atoms with Crippen LogP contribution in [0.15, 0.2) is 40.7 Å². The van der Waals surface area contributed by atoms with Gasteiger partial charge in [0.2, 0.25) is 0 Å². The van der Waals surface area contributed by atoms with Gasteiger partial charge in [0.05, 0.1) is 31.8 Å². The van der Waals surface area contributed by atoms with Gasteiger partial charge in [-0.15, -0.1) is 0 Å². The number of hydrogen-bond donors (Lipinski definition) is 1. The summed E-state index contributed by atoms with van der Waals surface area (Å²) in [5.74, 6) is 0.982. The van der Waals surface area contributed by atoms with E-state index in [4.69, 9.17) is 9.47 Å². The van der Waals surface area contributed by atoms with Crippen molar-refractivity contribution in [2.45, 2.75) is 32.1 Å². The minimum Gasteiger partial charge on any atom is -0.493 e. The van der Waals surface area contributed by atoms with Crippen molar-refractivity contribution in [2.24, 2.45) is 0 Å². The number of ketones is 1. The van der Waals surface area contributed by atoms with Crippen LogP contribution in [-0.4, -0.2) is 20.0 Å². The van der Waals surface area contributed by atoms with E-state index in [1.165, 1.54) is 0 Å². The average Bonchev–Trinajstić information content (AvgIpc) is 2.60. The van der Waals surface area contributed by atoms with Crippen LogP contribution < -0.4 is 14.8 Å². The Morgan fingerprint density at radius 2 is 1.96 bits per heavy atom. The Morgan fingerprint density at radius 1 is 1.21 bits per heavy atom. The molecule has 1 aliphatic heterocycles. The molecule has 1 unspecified atom stereocenters. The maximum absolute atomic E-state index is 12.6. The van der Waals surface area contributed by atoms with Gasteiger partial charge < -0.3 is 14.8 Å². The van der Waals surface area contributed by atoms with Crippen molar-refractivity contribution >= 4 is 5.78 Å². The number of benzene rings is 1. The van der Waals surface area contributed by atoms with Crippen LogP contribution in [0, 0.1) is 11.3 Å². The van der Waals surface area contributed by atoms with Gasteiger partial charge >= 0.3 is 0 Å². The quantitative estimate of drug-likeness (QED) is 0.924. The number of rotatable bonds is 3. The van der Waals surface area contributed by atoms with Gasteiger partial charge in [-0.3, -0.25) is 4.79 Å². The van der Waals surface area contributed by atoms with E-state index in [9.17, 15) is 10.1 Å². The lowest BCUT2D eigenvalue weighted by Crippen LogP contribution is -2.31. The van der Waals surface area contributed by atoms with E-state index in [0.29, 0.717) is 23.5 Å². The summed E-state index contributed by atoms with van der Waals surface area (Å²) in [4.78, 5) is 12.6. The van der Waals surface area contributed by atoms with Crippen LogP contribution in [0.25, 0.3) is 0 Å². The molecule has 0 saturated carbocycles. The minimum absolute atomic E-state index is 0.115.